The normalized spacial score (nSPS) is 15.6. The van der Waals surface area contributed by atoms with Gasteiger partial charge in [-0.3, -0.25) is 0 Å². The fraction of sp³-hybridized carbons (Fsp3) is 0.158. The van der Waals surface area contributed by atoms with E-state index in [2.05, 4.69) is 15.4 Å². The molecule has 138 valence electrons. The Balaban J connectivity index is 1.80. The highest BCUT2D eigenvalue weighted by Gasteiger charge is 2.24. The van der Waals surface area contributed by atoms with E-state index in [4.69, 9.17) is 9.47 Å². The van der Waals surface area contributed by atoms with Crippen LogP contribution >= 0.6 is 0 Å². The van der Waals surface area contributed by atoms with Gasteiger partial charge in [0.25, 0.3) is 0 Å². The molecule has 2 heterocycles. The Bertz CT molecular complexity index is 1030. The second-order valence-electron chi connectivity index (χ2n) is 5.92. The van der Waals surface area contributed by atoms with Crippen LogP contribution in [0.1, 0.15) is 17.2 Å². The first kappa shape index (κ1) is 17.0. The van der Waals surface area contributed by atoms with Crippen molar-refractivity contribution in [1.29, 1.82) is 0 Å². The van der Waals surface area contributed by atoms with Crippen LogP contribution in [-0.2, 0) is 0 Å². The van der Waals surface area contributed by atoms with Gasteiger partial charge in [0.15, 0.2) is 23.1 Å². The summed E-state index contributed by atoms with van der Waals surface area (Å²) in [4.78, 5) is 4.20. The third-order valence-corrected chi connectivity index (χ3v) is 4.39. The van der Waals surface area contributed by atoms with Crippen LogP contribution in [0.2, 0.25) is 0 Å². The Hall–Kier alpha value is -3.42. The van der Waals surface area contributed by atoms with Crippen LogP contribution in [0.25, 0.3) is 5.70 Å². The molecule has 4 rings (SSSR count). The number of nitrogens with one attached hydrogen (secondary N) is 1. The molecule has 1 N–H and O–H groups in total. The lowest BCUT2D eigenvalue weighted by Gasteiger charge is -2.24. The monoisotopic (exact) mass is 370 g/mol. The van der Waals surface area contributed by atoms with E-state index in [-0.39, 0.29) is 0 Å². The molecule has 0 fully saturated rings. The Morgan fingerprint density at radius 3 is 2.56 bits per heavy atom. The highest BCUT2D eigenvalue weighted by molar-refractivity contribution is 5.78. The average molecular weight is 370 g/mol. The highest BCUT2D eigenvalue weighted by Crippen LogP contribution is 2.35. The summed E-state index contributed by atoms with van der Waals surface area (Å²) in [6, 6.07) is 8.85. The number of anilines is 1. The van der Waals surface area contributed by atoms with E-state index in [0.29, 0.717) is 23.0 Å². The Morgan fingerprint density at radius 1 is 1.00 bits per heavy atom. The summed E-state index contributed by atoms with van der Waals surface area (Å²) in [6.45, 7) is 0. The molecule has 2 aromatic carbocycles. The van der Waals surface area contributed by atoms with Gasteiger partial charge in [-0.15, -0.1) is 0 Å². The quantitative estimate of drug-likeness (QED) is 0.760. The summed E-state index contributed by atoms with van der Waals surface area (Å²) < 4.78 is 39.3. The standard InChI is InChI=1S/C19H16F2N4O2/c1-26-17-6-4-11(8-18(17)27-2)15-9-16(25-19(24-15)22-10-23-25)12-3-5-13(20)14(21)7-12/h3-10,16H,1-2H3,(H,22,23,24)/t16-/m0/s1. The number of nitrogens with zero attached hydrogens (tertiary/aromatic N) is 3. The predicted octanol–water partition coefficient (Wildman–Crippen LogP) is 3.63. The first-order valence-corrected chi connectivity index (χ1v) is 8.16. The lowest BCUT2D eigenvalue weighted by atomic mass is 10.0. The van der Waals surface area contributed by atoms with E-state index >= 15 is 0 Å². The zero-order valence-corrected chi connectivity index (χ0v) is 14.6. The van der Waals surface area contributed by atoms with Crippen molar-refractivity contribution in [2.45, 2.75) is 6.04 Å². The maximum atomic E-state index is 13.8. The number of benzene rings is 2. The number of methoxy groups -OCH3 is 2. The van der Waals surface area contributed by atoms with Crippen molar-refractivity contribution in [3.05, 3.63) is 71.6 Å². The molecule has 0 aliphatic carbocycles. The summed E-state index contributed by atoms with van der Waals surface area (Å²) in [5.74, 6) is -0.117. The molecular formula is C19H16F2N4O2. The number of aromatic nitrogens is 3. The summed E-state index contributed by atoms with van der Waals surface area (Å²) >= 11 is 0. The van der Waals surface area contributed by atoms with Gasteiger partial charge in [0, 0.05) is 11.3 Å². The van der Waals surface area contributed by atoms with E-state index in [1.54, 1.807) is 25.0 Å². The largest absolute Gasteiger partial charge is 0.493 e. The van der Waals surface area contributed by atoms with Gasteiger partial charge in [0.05, 0.1) is 14.2 Å². The van der Waals surface area contributed by atoms with Gasteiger partial charge < -0.3 is 14.8 Å². The second kappa shape index (κ2) is 6.71. The van der Waals surface area contributed by atoms with Crippen LogP contribution in [-0.4, -0.2) is 29.0 Å². The molecular weight excluding hydrogens is 354 g/mol. The number of rotatable bonds is 4. The number of allylic oxidation sites excluding steroid dienone is 1. The minimum absolute atomic E-state index is 0.443. The van der Waals surface area contributed by atoms with Crippen molar-refractivity contribution in [1.82, 2.24) is 14.8 Å². The van der Waals surface area contributed by atoms with Crippen molar-refractivity contribution in [3.63, 3.8) is 0 Å². The SMILES string of the molecule is COc1ccc(C2=C[C@@H](c3ccc(F)c(F)c3)n3ncnc3N2)cc1OC. The molecule has 0 unspecified atom stereocenters. The van der Waals surface area contributed by atoms with Gasteiger partial charge >= 0.3 is 0 Å². The molecule has 0 amide bonds. The second-order valence-corrected chi connectivity index (χ2v) is 5.92. The van der Waals surface area contributed by atoms with Crippen molar-refractivity contribution >= 4 is 11.6 Å². The highest BCUT2D eigenvalue weighted by atomic mass is 19.2. The Kier molecular flexibility index (Phi) is 4.23. The third kappa shape index (κ3) is 2.99. The summed E-state index contributed by atoms with van der Waals surface area (Å²) in [5, 5.41) is 7.39. The first-order valence-electron chi connectivity index (χ1n) is 8.16. The van der Waals surface area contributed by atoms with Gasteiger partial charge in [0.2, 0.25) is 5.95 Å². The fourth-order valence-corrected chi connectivity index (χ4v) is 3.04. The number of hydrogen-bond donors (Lipinski definition) is 1. The van der Waals surface area contributed by atoms with E-state index < -0.39 is 17.7 Å². The maximum Gasteiger partial charge on any atom is 0.226 e. The molecule has 0 spiro atoms. The van der Waals surface area contributed by atoms with Crippen LogP contribution in [0.5, 0.6) is 11.5 Å². The molecule has 6 nitrogen and oxygen atoms in total. The van der Waals surface area contributed by atoms with Crippen molar-refractivity contribution in [2.75, 3.05) is 19.5 Å². The lowest BCUT2D eigenvalue weighted by molar-refractivity contribution is 0.355. The molecule has 0 saturated heterocycles. The zero-order valence-electron chi connectivity index (χ0n) is 14.6. The van der Waals surface area contributed by atoms with Crippen molar-refractivity contribution < 1.29 is 18.3 Å². The van der Waals surface area contributed by atoms with Gasteiger partial charge in [-0.05, 0) is 42.0 Å². The number of ether oxygens (including phenoxy) is 2. The molecule has 1 atom stereocenters. The summed E-state index contributed by atoms with van der Waals surface area (Å²) in [7, 11) is 3.13. The van der Waals surface area contributed by atoms with E-state index in [0.717, 1.165) is 17.3 Å². The van der Waals surface area contributed by atoms with Gasteiger partial charge in [0.1, 0.15) is 12.4 Å². The topological polar surface area (TPSA) is 61.2 Å². The van der Waals surface area contributed by atoms with Crippen LogP contribution in [0, 0.1) is 11.6 Å². The van der Waals surface area contributed by atoms with Crippen LogP contribution in [0.3, 0.4) is 0 Å². The van der Waals surface area contributed by atoms with Crippen molar-refractivity contribution in [2.24, 2.45) is 0 Å². The van der Waals surface area contributed by atoms with Crippen LogP contribution < -0.4 is 14.8 Å². The molecule has 0 bridgehead atoms. The van der Waals surface area contributed by atoms with Gasteiger partial charge in [-0.25, -0.2) is 13.5 Å². The van der Waals surface area contributed by atoms with Crippen molar-refractivity contribution in [3.8, 4) is 11.5 Å². The molecule has 1 aromatic heterocycles. The minimum Gasteiger partial charge on any atom is -0.493 e. The Morgan fingerprint density at radius 2 is 1.81 bits per heavy atom. The van der Waals surface area contributed by atoms with Crippen LogP contribution in [0.4, 0.5) is 14.7 Å². The van der Waals surface area contributed by atoms with Gasteiger partial charge in [-0.1, -0.05) is 6.07 Å². The lowest BCUT2D eigenvalue weighted by Crippen LogP contribution is -2.20. The number of hydrogen-bond acceptors (Lipinski definition) is 5. The minimum atomic E-state index is -0.909. The van der Waals surface area contributed by atoms with Crippen LogP contribution in [0.15, 0.2) is 48.8 Å². The zero-order chi connectivity index (χ0) is 19.0. The predicted molar refractivity (Wildman–Crippen MR) is 95.7 cm³/mol. The van der Waals surface area contributed by atoms with E-state index in [1.807, 2.05) is 18.2 Å². The molecule has 1 aliphatic rings. The first-order chi connectivity index (χ1) is 13.1. The third-order valence-electron chi connectivity index (χ3n) is 4.39. The number of fused-ring (bicyclic) bond motifs is 1. The molecule has 0 radical (unpaired) electrons. The van der Waals surface area contributed by atoms with Gasteiger partial charge in [-0.2, -0.15) is 10.1 Å². The number of halogens is 2. The fourth-order valence-electron chi connectivity index (χ4n) is 3.04. The molecule has 8 heteroatoms. The maximum absolute atomic E-state index is 13.8. The molecule has 1 aliphatic heterocycles. The summed E-state index contributed by atoms with van der Waals surface area (Å²) in [6.07, 6.45) is 3.27. The smallest absolute Gasteiger partial charge is 0.226 e. The molecule has 0 saturated carbocycles. The molecule has 27 heavy (non-hydrogen) atoms. The average Bonchev–Trinajstić information content (AvgIpc) is 3.17. The molecule has 3 aromatic rings. The summed E-state index contributed by atoms with van der Waals surface area (Å²) in [5.41, 5.74) is 2.13. The Labute approximate surface area is 154 Å². The van der Waals surface area contributed by atoms with E-state index in [9.17, 15) is 8.78 Å². The van der Waals surface area contributed by atoms with E-state index in [1.165, 1.54) is 18.5 Å².